The minimum atomic E-state index is -0.480. The largest absolute Gasteiger partial charge is 0.313 e. The minimum Gasteiger partial charge on any atom is -0.313 e. The minimum absolute atomic E-state index is 0.0389. The molecule has 5 heteroatoms. The van der Waals surface area contributed by atoms with Gasteiger partial charge >= 0.3 is 0 Å². The summed E-state index contributed by atoms with van der Waals surface area (Å²) in [5.74, 6) is -0.0389. The van der Waals surface area contributed by atoms with Crippen molar-refractivity contribution in [2.75, 3.05) is 0 Å². The molecular weight excluding hydrogens is 296 g/mol. The molecule has 0 bridgehead atoms. The fourth-order valence-corrected chi connectivity index (χ4v) is 2.59. The fourth-order valence-electron chi connectivity index (χ4n) is 1.71. The van der Waals surface area contributed by atoms with Gasteiger partial charge < -0.3 is 4.98 Å². The number of H-pyrrole nitrogens is 1. The number of carbonyl (C=O) groups is 1. The zero-order chi connectivity index (χ0) is 16.3. The Morgan fingerprint density at radius 1 is 1.36 bits per heavy atom. The van der Waals surface area contributed by atoms with Gasteiger partial charge in [-0.25, -0.2) is 0 Å². The van der Waals surface area contributed by atoms with Crippen LogP contribution >= 0.6 is 11.3 Å². The molecule has 0 saturated carbocycles. The number of thiazole rings is 1. The Balaban J connectivity index is 2.49. The zero-order valence-corrected chi connectivity index (χ0v) is 13.5. The molecule has 0 unspecified atom stereocenters. The third-order valence-electron chi connectivity index (χ3n) is 3.00. The van der Waals surface area contributed by atoms with E-state index in [-0.39, 0.29) is 11.3 Å². The van der Waals surface area contributed by atoms with Crippen molar-refractivity contribution in [2.24, 2.45) is 5.41 Å². The smallest absolute Gasteiger partial charge is 0.266 e. The summed E-state index contributed by atoms with van der Waals surface area (Å²) in [5.41, 5.74) is 0.600. The molecule has 1 heterocycles. The third kappa shape index (κ3) is 3.80. The van der Waals surface area contributed by atoms with E-state index in [2.05, 4.69) is 11.1 Å². The fraction of sp³-hybridized carbons (Fsp3) is 0.235. The summed E-state index contributed by atoms with van der Waals surface area (Å²) >= 11 is 1.23. The van der Waals surface area contributed by atoms with Gasteiger partial charge in [0.1, 0.15) is 0 Å². The summed E-state index contributed by atoms with van der Waals surface area (Å²) in [4.78, 5) is 26.6. The third-order valence-corrected chi connectivity index (χ3v) is 3.96. The monoisotopic (exact) mass is 312 g/mol. The number of Topliss-reactive ketones (excluding diaryl/α,β-unsaturated/α-hetero) is 1. The van der Waals surface area contributed by atoms with Gasteiger partial charge in [-0.3, -0.25) is 9.59 Å². The molecule has 0 aliphatic carbocycles. The van der Waals surface area contributed by atoms with Gasteiger partial charge in [-0.05, 0) is 23.8 Å². The molecule has 1 aromatic carbocycles. The molecule has 0 fully saturated rings. The molecular formula is C17H16N2O2S. The predicted molar refractivity (Wildman–Crippen MR) is 87.8 cm³/mol. The molecule has 2 rings (SSSR count). The Morgan fingerprint density at radius 2 is 2.09 bits per heavy atom. The molecule has 0 aliphatic heterocycles. The van der Waals surface area contributed by atoms with Crippen LogP contribution in [-0.4, -0.2) is 10.8 Å². The summed E-state index contributed by atoms with van der Waals surface area (Å²) in [6.07, 6.45) is 3.18. The average molecular weight is 312 g/mol. The van der Waals surface area contributed by atoms with Crippen LogP contribution in [0.25, 0.3) is 12.2 Å². The Morgan fingerprint density at radius 3 is 2.73 bits per heavy atom. The van der Waals surface area contributed by atoms with E-state index in [1.165, 1.54) is 17.4 Å². The van der Waals surface area contributed by atoms with Crippen LogP contribution in [0.1, 0.15) is 31.9 Å². The van der Waals surface area contributed by atoms with Crippen molar-refractivity contribution in [1.82, 2.24) is 4.98 Å². The number of rotatable bonds is 2. The van der Waals surface area contributed by atoms with Crippen molar-refractivity contribution in [1.29, 1.82) is 5.26 Å². The van der Waals surface area contributed by atoms with Crippen LogP contribution in [0.2, 0.25) is 0 Å². The molecule has 0 radical (unpaired) electrons. The first-order valence-electron chi connectivity index (χ1n) is 6.77. The van der Waals surface area contributed by atoms with E-state index in [1.54, 1.807) is 24.3 Å². The highest BCUT2D eigenvalue weighted by Gasteiger charge is 2.18. The molecule has 112 valence electrons. The lowest BCUT2D eigenvalue weighted by atomic mass is 9.91. The maximum absolute atomic E-state index is 12.0. The molecule has 22 heavy (non-hydrogen) atoms. The van der Waals surface area contributed by atoms with Gasteiger partial charge in [0, 0.05) is 11.5 Å². The van der Waals surface area contributed by atoms with Gasteiger partial charge in [0.15, 0.2) is 5.78 Å². The van der Waals surface area contributed by atoms with Gasteiger partial charge in [-0.2, -0.15) is 5.26 Å². The molecule has 0 amide bonds. The van der Waals surface area contributed by atoms with Crippen LogP contribution in [-0.2, 0) is 4.79 Å². The summed E-state index contributed by atoms with van der Waals surface area (Å²) < 4.78 is 1.04. The number of nitrogens with one attached hydrogen (secondary N) is 1. The van der Waals surface area contributed by atoms with Gasteiger partial charge in [0.05, 0.1) is 20.8 Å². The van der Waals surface area contributed by atoms with E-state index < -0.39 is 5.41 Å². The van der Waals surface area contributed by atoms with Crippen molar-refractivity contribution in [3.05, 3.63) is 54.9 Å². The maximum Gasteiger partial charge on any atom is 0.266 e. The van der Waals surface area contributed by atoms with E-state index in [0.29, 0.717) is 14.8 Å². The lowest BCUT2D eigenvalue weighted by molar-refractivity contribution is -0.119. The zero-order valence-electron chi connectivity index (χ0n) is 12.6. The predicted octanol–water partition coefficient (Wildman–Crippen LogP) is 1.53. The number of hydrogen-bond acceptors (Lipinski definition) is 4. The highest BCUT2D eigenvalue weighted by molar-refractivity contribution is 7.07. The Hall–Kier alpha value is -2.45. The molecule has 0 aliphatic rings. The van der Waals surface area contributed by atoms with Crippen LogP contribution < -0.4 is 14.8 Å². The van der Waals surface area contributed by atoms with Crippen molar-refractivity contribution >= 4 is 29.3 Å². The number of ketones is 1. The van der Waals surface area contributed by atoms with E-state index in [1.807, 2.05) is 26.8 Å². The van der Waals surface area contributed by atoms with Crippen LogP contribution in [0.5, 0.6) is 0 Å². The number of hydrogen-bond donors (Lipinski definition) is 1. The number of carbonyl (C=O) groups excluding carboxylic acids is 1. The van der Waals surface area contributed by atoms with E-state index in [9.17, 15) is 9.59 Å². The van der Waals surface area contributed by atoms with E-state index in [4.69, 9.17) is 5.26 Å². The summed E-state index contributed by atoms with van der Waals surface area (Å²) in [5, 5.41) is 8.89. The Bertz CT molecular complexity index is 921. The Kier molecular flexibility index (Phi) is 4.43. The van der Waals surface area contributed by atoms with Crippen LogP contribution in [0.15, 0.2) is 29.1 Å². The summed E-state index contributed by atoms with van der Waals surface area (Å²) in [7, 11) is 0. The lowest BCUT2D eigenvalue weighted by Crippen LogP contribution is -2.22. The van der Waals surface area contributed by atoms with Crippen molar-refractivity contribution in [3.8, 4) is 6.07 Å². The second-order valence-corrected chi connectivity index (χ2v) is 7.01. The molecule has 0 saturated heterocycles. The molecule has 1 N–H and O–H groups in total. The number of aromatic amines is 1. The van der Waals surface area contributed by atoms with Crippen molar-refractivity contribution in [3.63, 3.8) is 0 Å². The Labute approximate surface area is 132 Å². The molecule has 0 atom stereocenters. The second-order valence-electron chi connectivity index (χ2n) is 5.92. The summed E-state index contributed by atoms with van der Waals surface area (Å²) in [6.45, 7) is 5.49. The van der Waals surface area contributed by atoms with E-state index in [0.717, 1.165) is 5.56 Å². The molecule has 2 aromatic rings. The molecule has 1 aromatic heterocycles. The molecule has 4 nitrogen and oxygen atoms in total. The maximum atomic E-state index is 12.0. The van der Waals surface area contributed by atoms with Crippen molar-refractivity contribution < 1.29 is 4.79 Å². The van der Waals surface area contributed by atoms with Crippen LogP contribution in [0.4, 0.5) is 0 Å². The van der Waals surface area contributed by atoms with Crippen LogP contribution in [0.3, 0.4) is 0 Å². The van der Waals surface area contributed by atoms with Gasteiger partial charge in [-0.1, -0.05) is 32.9 Å². The van der Waals surface area contributed by atoms with Crippen LogP contribution in [0, 0.1) is 16.7 Å². The van der Waals surface area contributed by atoms with Gasteiger partial charge in [0.25, 0.3) is 5.56 Å². The lowest BCUT2D eigenvalue weighted by Gasteiger charge is -2.12. The highest BCUT2D eigenvalue weighted by atomic mass is 32.1. The second kappa shape index (κ2) is 6.12. The van der Waals surface area contributed by atoms with E-state index >= 15 is 0 Å². The standard InChI is InChI=1S/C17H16N2O2S/c1-17(2,3)14(20)9-15-19-16(21)13(22-15)8-11-5-4-6-12(7-11)10-18/h4-9H,1-3H3,(H,19,21)/b13-8+,15-9+. The summed E-state index contributed by atoms with van der Waals surface area (Å²) in [6, 6.07) is 9.07. The first-order chi connectivity index (χ1) is 10.3. The quantitative estimate of drug-likeness (QED) is 0.914. The normalized spacial score (nSPS) is 13.2. The molecule has 0 spiro atoms. The SMILES string of the molecule is CC(C)(C)C(=O)/C=c1\[nH]c(=O)/c(=C\c2cccc(C#N)c2)s1. The van der Waals surface area contributed by atoms with Gasteiger partial charge in [0.2, 0.25) is 0 Å². The average Bonchev–Trinajstić information content (AvgIpc) is 2.78. The number of nitrogens with zero attached hydrogens (tertiary/aromatic N) is 1. The number of benzene rings is 1. The first kappa shape index (κ1) is 15.9. The number of nitriles is 1. The topological polar surface area (TPSA) is 73.7 Å². The number of aromatic nitrogens is 1. The van der Waals surface area contributed by atoms with Gasteiger partial charge in [-0.15, -0.1) is 11.3 Å². The first-order valence-corrected chi connectivity index (χ1v) is 7.58. The van der Waals surface area contributed by atoms with Crippen molar-refractivity contribution in [2.45, 2.75) is 20.8 Å². The highest BCUT2D eigenvalue weighted by Crippen LogP contribution is 2.14.